The lowest BCUT2D eigenvalue weighted by Gasteiger charge is -2.07. The van der Waals surface area contributed by atoms with Crippen molar-refractivity contribution < 1.29 is 12.8 Å². The topological polar surface area (TPSA) is 72.2 Å². The van der Waals surface area contributed by atoms with E-state index in [1.807, 2.05) is 0 Å². The Balaban J connectivity index is 2.23. The molecule has 0 aliphatic heterocycles. The van der Waals surface area contributed by atoms with Crippen LogP contribution in [0.1, 0.15) is 0 Å². The number of nitrogens with one attached hydrogen (secondary N) is 1. The van der Waals surface area contributed by atoms with Crippen molar-refractivity contribution >= 4 is 27.3 Å². The van der Waals surface area contributed by atoms with Crippen molar-refractivity contribution in [3.8, 4) is 11.3 Å². The first-order chi connectivity index (χ1) is 8.61. The second-order valence-corrected chi connectivity index (χ2v) is 5.78. The molecule has 0 radical (unpaired) electrons. The fraction of sp³-hybridized carbons (Fsp3) is 0.182. The van der Waals surface area contributed by atoms with Crippen LogP contribution in [0, 0.1) is 0 Å². The monoisotopic (exact) mass is 286 g/mol. The maximum atomic E-state index is 11.6. The standard InChI is InChI=1S/C11H11ClN2O3S/c12-4-5-18(15,16)14-10-3-1-2-9(6-10)11-7-13-8-17-11/h1-3,6-8,14H,4-5H2. The number of hydrogen-bond donors (Lipinski definition) is 1. The molecule has 0 fully saturated rings. The minimum absolute atomic E-state index is 0.0527. The van der Waals surface area contributed by atoms with Crippen LogP contribution in [-0.4, -0.2) is 25.0 Å². The quantitative estimate of drug-likeness (QED) is 0.856. The third-order valence-corrected chi connectivity index (χ3v) is 3.90. The molecule has 1 aromatic carbocycles. The smallest absolute Gasteiger partial charge is 0.233 e. The summed E-state index contributed by atoms with van der Waals surface area (Å²) in [6.07, 6.45) is 2.88. The number of oxazole rings is 1. The Morgan fingerprint density at radius 2 is 2.22 bits per heavy atom. The van der Waals surface area contributed by atoms with Gasteiger partial charge in [0, 0.05) is 17.1 Å². The molecule has 5 nitrogen and oxygen atoms in total. The van der Waals surface area contributed by atoms with Crippen LogP contribution in [0.2, 0.25) is 0 Å². The van der Waals surface area contributed by atoms with Crippen molar-refractivity contribution in [2.45, 2.75) is 0 Å². The van der Waals surface area contributed by atoms with Gasteiger partial charge in [0.25, 0.3) is 0 Å². The van der Waals surface area contributed by atoms with E-state index in [0.29, 0.717) is 11.4 Å². The molecule has 0 spiro atoms. The molecule has 0 aliphatic carbocycles. The normalized spacial score (nSPS) is 11.4. The molecule has 2 aromatic rings. The maximum absolute atomic E-state index is 11.6. The van der Waals surface area contributed by atoms with E-state index in [2.05, 4.69) is 9.71 Å². The number of sulfonamides is 1. The van der Waals surface area contributed by atoms with Gasteiger partial charge in [0.1, 0.15) is 0 Å². The Kier molecular flexibility index (Phi) is 3.88. The molecule has 0 aliphatic rings. The van der Waals surface area contributed by atoms with Gasteiger partial charge in [-0.2, -0.15) is 0 Å². The average molecular weight is 287 g/mol. The zero-order valence-electron chi connectivity index (χ0n) is 9.34. The molecular weight excluding hydrogens is 276 g/mol. The van der Waals surface area contributed by atoms with E-state index in [4.69, 9.17) is 16.0 Å². The highest BCUT2D eigenvalue weighted by molar-refractivity contribution is 7.92. The van der Waals surface area contributed by atoms with Gasteiger partial charge >= 0.3 is 0 Å². The molecule has 0 saturated heterocycles. The van der Waals surface area contributed by atoms with E-state index in [1.165, 1.54) is 6.39 Å². The van der Waals surface area contributed by atoms with Crippen molar-refractivity contribution in [3.05, 3.63) is 36.9 Å². The first-order valence-electron chi connectivity index (χ1n) is 5.16. The van der Waals surface area contributed by atoms with Gasteiger partial charge in [0.15, 0.2) is 12.2 Å². The summed E-state index contributed by atoms with van der Waals surface area (Å²) < 4.78 is 30.7. The van der Waals surface area contributed by atoms with E-state index in [0.717, 1.165) is 5.56 Å². The second kappa shape index (κ2) is 5.41. The van der Waals surface area contributed by atoms with Gasteiger partial charge in [-0.25, -0.2) is 13.4 Å². The summed E-state index contributed by atoms with van der Waals surface area (Å²) in [7, 11) is -3.40. The number of hydrogen-bond acceptors (Lipinski definition) is 4. The molecule has 2 rings (SSSR count). The summed E-state index contributed by atoms with van der Waals surface area (Å²) in [5, 5.41) is 0. The Morgan fingerprint density at radius 1 is 1.39 bits per heavy atom. The lowest BCUT2D eigenvalue weighted by atomic mass is 10.2. The van der Waals surface area contributed by atoms with Gasteiger partial charge in [-0.1, -0.05) is 12.1 Å². The summed E-state index contributed by atoms with van der Waals surface area (Å²) in [5.41, 5.74) is 1.22. The molecule has 0 bridgehead atoms. The summed E-state index contributed by atoms with van der Waals surface area (Å²) >= 11 is 5.42. The molecule has 0 atom stereocenters. The molecule has 1 N–H and O–H groups in total. The molecule has 0 unspecified atom stereocenters. The third kappa shape index (κ3) is 3.24. The highest BCUT2D eigenvalue weighted by Crippen LogP contribution is 2.22. The van der Waals surface area contributed by atoms with Gasteiger partial charge in [-0.05, 0) is 12.1 Å². The zero-order valence-corrected chi connectivity index (χ0v) is 10.9. The van der Waals surface area contributed by atoms with Crippen LogP contribution in [-0.2, 0) is 10.0 Å². The Bertz CT molecular complexity index is 611. The number of anilines is 1. The summed E-state index contributed by atoms with van der Waals surface area (Å²) in [6.45, 7) is 0. The van der Waals surface area contributed by atoms with E-state index in [1.54, 1.807) is 30.5 Å². The van der Waals surface area contributed by atoms with Gasteiger partial charge < -0.3 is 4.42 Å². The zero-order chi connectivity index (χ0) is 13.0. The molecule has 7 heteroatoms. The van der Waals surface area contributed by atoms with E-state index >= 15 is 0 Å². The number of rotatable bonds is 5. The molecule has 0 saturated carbocycles. The van der Waals surface area contributed by atoms with Crippen LogP contribution < -0.4 is 4.72 Å². The Hall–Kier alpha value is -1.53. The summed E-state index contributed by atoms with van der Waals surface area (Å²) in [6, 6.07) is 6.87. The lowest BCUT2D eigenvalue weighted by molar-refractivity contribution is 0.572. The summed E-state index contributed by atoms with van der Waals surface area (Å²) in [4.78, 5) is 3.81. The van der Waals surface area contributed by atoms with Gasteiger partial charge in [0.05, 0.1) is 11.9 Å². The van der Waals surface area contributed by atoms with Crippen LogP contribution >= 0.6 is 11.6 Å². The first-order valence-corrected chi connectivity index (χ1v) is 7.35. The molecule has 0 amide bonds. The molecule has 1 heterocycles. The predicted molar refractivity (Wildman–Crippen MR) is 70.1 cm³/mol. The van der Waals surface area contributed by atoms with Crippen molar-refractivity contribution in [2.24, 2.45) is 0 Å². The van der Waals surface area contributed by atoms with Crippen LogP contribution in [0.15, 0.2) is 41.3 Å². The highest BCUT2D eigenvalue weighted by Gasteiger charge is 2.10. The first kappa shape index (κ1) is 12.9. The summed E-state index contributed by atoms with van der Waals surface area (Å²) in [5.74, 6) is 0.506. The fourth-order valence-electron chi connectivity index (χ4n) is 1.43. The Morgan fingerprint density at radius 3 is 2.89 bits per heavy atom. The number of halogens is 1. The molecule has 1 aromatic heterocycles. The number of benzene rings is 1. The fourth-order valence-corrected chi connectivity index (χ4v) is 2.83. The average Bonchev–Trinajstić information content (AvgIpc) is 2.81. The van der Waals surface area contributed by atoms with Crippen LogP contribution in [0.5, 0.6) is 0 Å². The van der Waals surface area contributed by atoms with Crippen LogP contribution in [0.25, 0.3) is 11.3 Å². The largest absolute Gasteiger partial charge is 0.444 e. The maximum Gasteiger partial charge on any atom is 0.233 e. The minimum Gasteiger partial charge on any atom is -0.444 e. The van der Waals surface area contributed by atoms with E-state index in [9.17, 15) is 8.42 Å². The van der Waals surface area contributed by atoms with Crippen molar-refractivity contribution in [1.29, 1.82) is 0 Å². The molecule has 18 heavy (non-hydrogen) atoms. The van der Waals surface area contributed by atoms with E-state index < -0.39 is 10.0 Å². The Labute approximate surface area is 110 Å². The molecule has 96 valence electrons. The second-order valence-electron chi connectivity index (χ2n) is 3.56. The number of nitrogens with zero attached hydrogens (tertiary/aromatic N) is 1. The van der Waals surface area contributed by atoms with Crippen molar-refractivity contribution in [2.75, 3.05) is 16.4 Å². The lowest BCUT2D eigenvalue weighted by Crippen LogP contribution is -2.17. The number of aromatic nitrogens is 1. The van der Waals surface area contributed by atoms with Gasteiger partial charge in [-0.15, -0.1) is 11.6 Å². The highest BCUT2D eigenvalue weighted by atomic mass is 35.5. The SMILES string of the molecule is O=S(=O)(CCCl)Nc1cccc(-c2cnco2)c1. The minimum atomic E-state index is -3.40. The van der Waals surface area contributed by atoms with E-state index in [-0.39, 0.29) is 11.6 Å². The predicted octanol–water partition coefficient (Wildman–Crippen LogP) is 2.32. The van der Waals surface area contributed by atoms with Crippen LogP contribution in [0.3, 0.4) is 0 Å². The third-order valence-electron chi connectivity index (χ3n) is 2.20. The van der Waals surface area contributed by atoms with Gasteiger partial charge in [0.2, 0.25) is 10.0 Å². The van der Waals surface area contributed by atoms with Crippen molar-refractivity contribution in [1.82, 2.24) is 4.98 Å². The van der Waals surface area contributed by atoms with Crippen molar-refractivity contribution in [3.63, 3.8) is 0 Å². The molecular formula is C11H11ClN2O3S. The van der Waals surface area contributed by atoms with Crippen LogP contribution in [0.4, 0.5) is 5.69 Å². The van der Waals surface area contributed by atoms with Gasteiger partial charge in [-0.3, -0.25) is 4.72 Å². The number of alkyl halides is 1.